The second-order valence-corrected chi connectivity index (χ2v) is 6.20. The molecular weight excluding hydrogens is 344 g/mol. The Kier molecular flexibility index (Phi) is 5.40. The van der Waals surface area contributed by atoms with Crippen LogP contribution < -0.4 is 16.3 Å². The van der Waals surface area contributed by atoms with E-state index in [0.717, 1.165) is 16.6 Å². The van der Waals surface area contributed by atoms with Crippen molar-refractivity contribution >= 4 is 28.5 Å². The van der Waals surface area contributed by atoms with Crippen LogP contribution in [0.2, 0.25) is 0 Å². The number of benzene rings is 2. The number of aryl methyl sites for hydroxylation is 1. The van der Waals surface area contributed by atoms with Crippen LogP contribution in [0.1, 0.15) is 12.5 Å². The molecule has 0 fully saturated rings. The summed E-state index contributed by atoms with van der Waals surface area (Å²) >= 11 is 0. The van der Waals surface area contributed by atoms with Crippen molar-refractivity contribution in [2.45, 2.75) is 26.4 Å². The monoisotopic (exact) mass is 366 g/mol. The molecule has 0 aliphatic heterocycles. The fourth-order valence-corrected chi connectivity index (χ4v) is 3.05. The van der Waals surface area contributed by atoms with E-state index in [1.807, 2.05) is 31.2 Å². The number of anilines is 1. The lowest BCUT2D eigenvalue weighted by molar-refractivity contribution is -0.120. The molecule has 0 saturated carbocycles. The summed E-state index contributed by atoms with van der Waals surface area (Å²) in [5, 5.41) is 5.37. The number of hydrogen-bond acceptors (Lipinski definition) is 3. The van der Waals surface area contributed by atoms with Gasteiger partial charge in [-0.1, -0.05) is 24.3 Å². The Labute approximate surface area is 156 Å². The van der Waals surface area contributed by atoms with Crippen LogP contribution in [0.25, 0.3) is 11.0 Å². The minimum Gasteiger partial charge on any atom is -0.359 e. The van der Waals surface area contributed by atoms with Crippen LogP contribution in [-0.2, 0) is 29.1 Å². The van der Waals surface area contributed by atoms with Crippen molar-refractivity contribution in [1.29, 1.82) is 0 Å². The zero-order chi connectivity index (χ0) is 19.4. The summed E-state index contributed by atoms with van der Waals surface area (Å²) in [5.74, 6) is -0.353. The van der Waals surface area contributed by atoms with Crippen LogP contribution in [0.15, 0.2) is 53.3 Å². The number of rotatable bonds is 6. The van der Waals surface area contributed by atoms with Gasteiger partial charge in [0.05, 0.1) is 17.5 Å². The molecule has 0 unspecified atom stereocenters. The smallest absolute Gasteiger partial charge is 0.329 e. The number of likely N-dealkylation sites (N-methyl/N-ethyl adjacent to an activating group) is 1. The lowest BCUT2D eigenvalue weighted by Gasteiger charge is -2.07. The lowest BCUT2D eigenvalue weighted by atomic mass is 10.1. The summed E-state index contributed by atoms with van der Waals surface area (Å²) in [6.07, 6.45) is 0.288. The van der Waals surface area contributed by atoms with Crippen molar-refractivity contribution in [3.05, 3.63) is 64.6 Å². The molecular formula is C20H22N4O3. The van der Waals surface area contributed by atoms with Crippen LogP contribution in [0, 0.1) is 0 Å². The first-order chi connectivity index (χ1) is 13.0. The predicted molar refractivity (Wildman–Crippen MR) is 105 cm³/mol. The van der Waals surface area contributed by atoms with E-state index >= 15 is 0 Å². The molecule has 0 aliphatic carbocycles. The fourth-order valence-electron chi connectivity index (χ4n) is 3.05. The Morgan fingerprint density at radius 2 is 1.56 bits per heavy atom. The van der Waals surface area contributed by atoms with Crippen molar-refractivity contribution in [3.8, 4) is 0 Å². The van der Waals surface area contributed by atoms with Crippen LogP contribution in [0.4, 0.5) is 5.69 Å². The summed E-state index contributed by atoms with van der Waals surface area (Å²) < 4.78 is 3.13. The highest BCUT2D eigenvalue weighted by Crippen LogP contribution is 2.14. The fraction of sp³-hybridized carbons (Fsp3) is 0.250. The Balaban J connectivity index is 1.75. The molecule has 3 aromatic rings. The largest absolute Gasteiger partial charge is 0.359 e. The molecule has 1 heterocycles. The van der Waals surface area contributed by atoms with E-state index in [-0.39, 0.29) is 30.5 Å². The molecule has 27 heavy (non-hydrogen) atoms. The Hall–Kier alpha value is -3.35. The molecule has 1 aromatic heterocycles. The second kappa shape index (κ2) is 7.90. The summed E-state index contributed by atoms with van der Waals surface area (Å²) in [6.45, 7) is 2.38. The molecule has 0 aliphatic rings. The number of imidazole rings is 1. The van der Waals surface area contributed by atoms with Gasteiger partial charge in [0, 0.05) is 19.3 Å². The first kappa shape index (κ1) is 18.4. The molecule has 7 nitrogen and oxygen atoms in total. The number of hydrogen-bond donors (Lipinski definition) is 2. The van der Waals surface area contributed by atoms with E-state index in [1.165, 1.54) is 4.57 Å². The number of para-hydroxylation sites is 2. The first-order valence-corrected chi connectivity index (χ1v) is 8.81. The zero-order valence-corrected chi connectivity index (χ0v) is 15.4. The lowest BCUT2D eigenvalue weighted by Crippen LogP contribution is -2.29. The van der Waals surface area contributed by atoms with Gasteiger partial charge in [-0.3, -0.25) is 18.7 Å². The maximum absolute atomic E-state index is 12.6. The summed E-state index contributed by atoms with van der Waals surface area (Å²) in [6, 6.07) is 14.5. The molecule has 2 aromatic carbocycles. The normalized spacial score (nSPS) is 10.7. The average molecular weight is 366 g/mol. The van der Waals surface area contributed by atoms with Crippen LogP contribution >= 0.6 is 0 Å². The van der Waals surface area contributed by atoms with Gasteiger partial charge in [0.15, 0.2) is 0 Å². The van der Waals surface area contributed by atoms with Crippen molar-refractivity contribution in [2.24, 2.45) is 0 Å². The molecule has 7 heteroatoms. The van der Waals surface area contributed by atoms with Crippen molar-refractivity contribution < 1.29 is 9.59 Å². The standard InChI is InChI=1S/C20H22N4O3/c1-3-23-16-6-4-5-7-17(16)24(20(23)27)13-19(26)22-15-10-8-14(9-11-15)12-18(25)21-2/h4-11H,3,12-13H2,1-2H3,(H,21,25)(H,22,26). The topological polar surface area (TPSA) is 85.1 Å². The van der Waals surface area contributed by atoms with E-state index in [1.54, 1.807) is 35.9 Å². The number of carbonyl (C=O) groups excluding carboxylic acids is 2. The summed E-state index contributed by atoms with van der Waals surface area (Å²) in [5.41, 5.74) is 2.83. The Morgan fingerprint density at radius 3 is 2.15 bits per heavy atom. The van der Waals surface area contributed by atoms with Gasteiger partial charge in [-0.05, 0) is 36.8 Å². The van der Waals surface area contributed by atoms with E-state index < -0.39 is 0 Å². The quantitative estimate of drug-likeness (QED) is 0.697. The third-order valence-corrected chi connectivity index (χ3v) is 4.42. The molecule has 2 amide bonds. The third kappa shape index (κ3) is 3.92. The van der Waals surface area contributed by atoms with Crippen molar-refractivity contribution in [1.82, 2.24) is 14.5 Å². The highest BCUT2D eigenvalue weighted by Gasteiger charge is 2.14. The maximum atomic E-state index is 12.6. The minimum absolute atomic E-state index is 0.0632. The molecule has 0 spiro atoms. The van der Waals surface area contributed by atoms with Crippen LogP contribution in [0.5, 0.6) is 0 Å². The SMILES string of the molecule is CCn1c(=O)n(CC(=O)Nc2ccc(CC(=O)NC)cc2)c2ccccc21. The minimum atomic E-state index is -0.282. The van der Waals surface area contributed by atoms with E-state index in [4.69, 9.17) is 0 Å². The molecule has 0 radical (unpaired) electrons. The molecule has 140 valence electrons. The number of nitrogens with one attached hydrogen (secondary N) is 2. The Morgan fingerprint density at radius 1 is 0.926 bits per heavy atom. The van der Waals surface area contributed by atoms with Crippen LogP contribution in [-0.4, -0.2) is 28.0 Å². The molecule has 0 atom stereocenters. The van der Waals surface area contributed by atoms with Gasteiger partial charge in [0.1, 0.15) is 6.54 Å². The van der Waals surface area contributed by atoms with Crippen molar-refractivity contribution in [2.75, 3.05) is 12.4 Å². The van der Waals surface area contributed by atoms with Gasteiger partial charge in [-0.25, -0.2) is 4.79 Å². The van der Waals surface area contributed by atoms with Gasteiger partial charge in [-0.2, -0.15) is 0 Å². The third-order valence-electron chi connectivity index (χ3n) is 4.42. The molecule has 2 N–H and O–H groups in total. The van der Waals surface area contributed by atoms with Gasteiger partial charge in [-0.15, -0.1) is 0 Å². The number of fused-ring (bicyclic) bond motifs is 1. The van der Waals surface area contributed by atoms with Crippen LogP contribution in [0.3, 0.4) is 0 Å². The predicted octanol–water partition coefficient (Wildman–Crippen LogP) is 1.75. The van der Waals surface area contributed by atoms with E-state index in [2.05, 4.69) is 10.6 Å². The summed E-state index contributed by atoms with van der Waals surface area (Å²) in [4.78, 5) is 36.4. The molecule has 3 rings (SSSR count). The highest BCUT2D eigenvalue weighted by molar-refractivity contribution is 5.91. The number of amides is 2. The second-order valence-electron chi connectivity index (χ2n) is 6.20. The van der Waals surface area contributed by atoms with Gasteiger partial charge in [0.2, 0.25) is 11.8 Å². The Bertz CT molecular complexity index is 1030. The number of aromatic nitrogens is 2. The zero-order valence-electron chi connectivity index (χ0n) is 15.4. The molecule has 0 bridgehead atoms. The van der Waals surface area contributed by atoms with E-state index in [9.17, 15) is 14.4 Å². The van der Waals surface area contributed by atoms with Gasteiger partial charge >= 0.3 is 5.69 Å². The molecule has 0 saturated heterocycles. The summed E-state index contributed by atoms with van der Waals surface area (Å²) in [7, 11) is 1.59. The highest BCUT2D eigenvalue weighted by atomic mass is 16.2. The van der Waals surface area contributed by atoms with E-state index in [0.29, 0.717) is 12.2 Å². The van der Waals surface area contributed by atoms with Crippen molar-refractivity contribution in [3.63, 3.8) is 0 Å². The number of carbonyl (C=O) groups is 2. The van der Waals surface area contributed by atoms with Gasteiger partial charge in [0.25, 0.3) is 0 Å². The average Bonchev–Trinajstić information content (AvgIpc) is 2.94. The van der Waals surface area contributed by atoms with Gasteiger partial charge < -0.3 is 10.6 Å². The maximum Gasteiger partial charge on any atom is 0.329 e. The number of nitrogens with zero attached hydrogens (tertiary/aromatic N) is 2. The first-order valence-electron chi connectivity index (χ1n) is 8.81.